The van der Waals surface area contributed by atoms with E-state index in [2.05, 4.69) is 5.32 Å². The topological polar surface area (TPSA) is 66.0 Å². The molecule has 0 saturated carbocycles. The van der Waals surface area contributed by atoms with Crippen LogP contribution in [0.5, 0.6) is 28.7 Å². The third-order valence-electron chi connectivity index (χ3n) is 5.16. The van der Waals surface area contributed by atoms with Crippen molar-refractivity contribution in [2.45, 2.75) is 6.61 Å². The summed E-state index contributed by atoms with van der Waals surface area (Å²) in [6.45, 7) is 0.218. The third kappa shape index (κ3) is 6.25. The van der Waals surface area contributed by atoms with E-state index in [1.807, 2.05) is 54.6 Å². The maximum absolute atomic E-state index is 13.1. The zero-order valence-corrected chi connectivity index (χ0v) is 20.0. The van der Waals surface area contributed by atoms with Crippen LogP contribution in [0.4, 0.5) is 5.69 Å². The number of ether oxygens (including phenoxy) is 4. The highest BCUT2D eigenvalue weighted by molar-refractivity contribution is 6.31. The molecule has 0 fully saturated rings. The van der Waals surface area contributed by atoms with Crippen molar-refractivity contribution in [1.82, 2.24) is 0 Å². The van der Waals surface area contributed by atoms with Crippen molar-refractivity contribution in [1.29, 1.82) is 0 Å². The number of benzene rings is 4. The lowest BCUT2D eigenvalue weighted by atomic mass is 10.1. The van der Waals surface area contributed by atoms with Gasteiger partial charge in [-0.15, -0.1) is 0 Å². The van der Waals surface area contributed by atoms with Gasteiger partial charge in [0.1, 0.15) is 29.6 Å². The Kier molecular flexibility index (Phi) is 7.75. The van der Waals surface area contributed by atoms with Crippen molar-refractivity contribution in [3.05, 3.63) is 107 Å². The molecule has 0 radical (unpaired) electrons. The Labute approximate surface area is 209 Å². The van der Waals surface area contributed by atoms with Crippen molar-refractivity contribution >= 4 is 23.2 Å². The van der Waals surface area contributed by atoms with E-state index in [0.717, 1.165) is 11.3 Å². The van der Waals surface area contributed by atoms with E-state index < -0.39 is 0 Å². The van der Waals surface area contributed by atoms with E-state index in [1.54, 1.807) is 50.6 Å². The minimum Gasteiger partial charge on any atom is -0.497 e. The van der Waals surface area contributed by atoms with Gasteiger partial charge in [-0.1, -0.05) is 29.8 Å². The monoisotopic (exact) mass is 489 g/mol. The summed E-state index contributed by atoms with van der Waals surface area (Å²) in [5.41, 5.74) is 1.62. The lowest BCUT2D eigenvalue weighted by Gasteiger charge is -2.15. The predicted molar refractivity (Wildman–Crippen MR) is 136 cm³/mol. The van der Waals surface area contributed by atoms with Crippen LogP contribution in [0.2, 0.25) is 5.02 Å². The summed E-state index contributed by atoms with van der Waals surface area (Å²) in [5.74, 6) is 2.83. The molecule has 0 aliphatic rings. The van der Waals surface area contributed by atoms with Crippen molar-refractivity contribution in [2.24, 2.45) is 0 Å². The summed E-state index contributed by atoms with van der Waals surface area (Å²) in [6, 6.07) is 26.8. The molecule has 0 atom stereocenters. The molecule has 0 bridgehead atoms. The van der Waals surface area contributed by atoms with E-state index in [9.17, 15) is 4.79 Å². The van der Waals surface area contributed by atoms with Gasteiger partial charge in [-0.05, 0) is 72.8 Å². The highest BCUT2D eigenvalue weighted by Gasteiger charge is 2.15. The average Bonchev–Trinajstić information content (AvgIpc) is 2.89. The number of nitrogens with one attached hydrogen (secondary N) is 1. The number of hydrogen-bond donors (Lipinski definition) is 1. The number of halogens is 1. The van der Waals surface area contributed by atoms with Gasteiger partial charge in [-0.25, -0.2) is 0 Å². The molecule has 1 N–H and O–H groups in total. The van der Waals surface area contributed by atoms with Crippen molar-refractivity contribution in [3.8, 4) is 28.7 Å². The molecule has 4 aromatic rings. The second-order valence-corrected chi connectivity index (χ2v) is 7.94. The molecule has 6 nitrogen and oxygen atoms in total. The van der Waals surface area contributed by atoms with Gasteiger partial charge in [0.05, 0.1) is 19.9 Å². The summed E-state index contributed by atoms with van der Waals surface area (Å²) in [4.78, 5) is 13.1. The van der Waals surface area contributed by atoms with Crippen molar-refractivity contribution < 1.29 is 23.7 Å². The van der Waals surface area contributed by atoms with Gasteiger partial charge in [0.2, 0.25) is 0 Å². The molecule has 1 amide bonds. The molecule has 0 unspecified atom stereocenters. The van der Waals surface area contributed by atoms with Gasteiger partial charge in [0.15, 0.2) is 5.75 Å². The second kappa shape index (κ2) is 11.3. The fourth-order valence-corrected chi connectivity index (χ4v) is 3.54. The molecular formula is C28H24ClNO5. The first-order valence-electron chi connectivity index (χ1n) is 10.8. The summed E-state index contributed by atoms with van der Waals surface area (Å²) in [6.07, 6.45) is 0. The zero-order valence-electron chi connectivity index (χ0n) is 19.3. The Bertz CT molecular complexity index is 1290. The summed E-state index contributed by atoms with van der Waals surface area (Å²) in [5, 5.41) is 3.37. The van der Waals surface area contributed by atoms with Crippen LogP contribution in [-0.2, 0) is 6.61 Å². The molecule has 4 aromatic carbocycles. The smallest absolute Gasteiger partial charge is 0.255 e. The number of amides is 1. The number of carbonyl (C=O) groups excluding carboxylic acids is 1. The van der Waals surface area contributed by atoms with Crippen LogP contribution < -0.4 is 24.3 Å². The van der Waals surface area contributed by atoms with Crippen LogP contribution in [0.25, 0.3) is 0 Å². The number of rotatable bonds is 9. The fraction of sp³-hybridized carbons (Fsp3) is 0.107. The lowest BCUT2D eigenvalue weighted by molar-refractivity contribution is 0.102. The van der Waals surface area contributed by atoms with Gasteiger partial charge in [0.25, 0.3) is 5.91 Å². The standard InChI is InChI=1S/C28H24ClNO5/c1-32-22-10-12-23(13-11-22)34-18-20-16-19(8-14-26(20)33-2)28(31)30-25-17-21(29)9-15-27(25)35-24-6-4-3-5-7-24/h3-17H,18H2,1-2H3,(H,30,31). The molecule has 7 heteroatoms. The van der Waals surface area contributed by atoms with E-state index in [4.69, 9.17) is 30.5 Å². The molecule has 4 rings (SSSR count). The maximum atomic E-state index is 13.1. The lowest BCUT2D eigenvalue weighted by Crippen LogP contribution is -2.13. The van der Waals surface area contributed by atoms with E-state index >= 15 is 0 Å². The van der Waals surface area contributed by atoms with Crippen molar-refractivity contribution in [2.75, 3.05) is 19.5 Å². The van der Waals surface area contributed by atoms with Gasteiger partial charge < -0.3 is 24.3 Å². The van der Waals surface area contributed by atoms with Crippen LogP contribution in [0.15, 0.2) is 91.0 Å². The Morgan fingerprint density at radius 1 is 0.771 bits per heavy atom. The quantitative estimate of drug-likeness (QED) is 0.274. The van der Waals surface area contributed by atoms with Crippen LogP contribution >= 0.6 is 11.6 Å². The highest BCUT2D eigenvalue weighted by atomic mass is 35.5. The number of para-hydroxylation sites is 1. The van der Waals surface area contributed by atoms with E-state index in [-0.39, 0.29) is 12.5 Å². The molecule has 0 heterocycles. The zero-order chi connectivity index (χ0) is 24.6. The highest BCUT2D eigenvalue weighted by Crippen LogP contribution is 2.33. The number of anilines is 1. The minimum absolute atomic E-state index is 0.218. The Balaban J connectivity index is 1.52. The van der Waals surface area contributed by atoms with Gasteiger partial charge >= 0.3 is 0 Å². The number of methoxy groups -OCH3 is 2. The molecule has 0 aliphatic heterocycles. The summed E-state index contributed by atoms with van der Waals surface area (Å²) < 4.78 is 22.5. The van der Waals surface area contributed by atoms with E-state index in [1.165, 1.54) is 0 Å². The normalized spacial score (nSPS) is 10.4. The predicted octanol–water partition coefficient (Wildman–Crippen LogP) is 6.98. The molecule has 178 valence electrons. The molecule has 35 heavy (non-hydrogen) atoms. The Morgan fingerprint density at radius 2 is 1.49 bits per heavy atom. The molecule has 0 saturated heterocycles. The molecule has 0 aromatic heterocycles. The molecular weight excluding hydrogens is 466 g/mol. The Morgan fingerprint density at radius 3 is 2.20 bits per heavy atom. The maximum Gasteiger partial charge on any atom is 0.255 e. The largest absolute Gasteiger partial charge is 0.497 e. The Hall–Kier alpha value is -4.16. The SMILES string of the molecule is COc1ccc(OCc2cc(C(=O)Nc3cc(Cl)ccc3Oc3ccccc3)ccc2OC)cc1. The first-order chi connectivity index (χ1) is 17.1. The van der Waals surface area contributed by atoms with Crippen molar-refractivity contribution in [3.63, 3.8) is 0 Å². The summed E-state index contributed by atoms with van der Waals surface area (Å²) in [7, 11) is 3.18. The number of hydrogen-bond acceptors (Lipinski definition) is 5. The summed E-state index contributed by atoms with van der Waals surface area (Å²) >= 11 is 6.18. The van der Waals surface area contributed by atoms with Crippen LogP contribution in [0, 0.1) is 0 Å². The average molecular weight is 490 g/mol. The first-order valence-corrected chi connectivity index (χ1v) is 11.2. The van der Waals surface area contributed by atoms with E-state index in [0.29, 0.717) is 39.3 Å². The first kappa shape index (κ1) is 24.0. The molecule has 0 aliphatic carbocycles. The second-order valence-electron chi connectivity index (χ2n) is 7.50. The van der Waals surface area contributed by atoms with Crippen LogP contribution in [0.1, 0.15) is 15.9 Å². The molecule has 0 spiro atoms. The van der Waals surface area contributed by atoms with Gasteiger partial charge in [-0.2, -0.15) is 0 Å². The third-order valence-corrected chi connectivity index (χ3v) is 5.39. The van der Waals surface area contributed by atoms with Gasteiger partial charge in [-0.3, -0.25) is 4.79 Å². The fourth-order valence-electron chi connectivity index (χ4n) is 3.36. The number of carbonyl (C=O) groups is 1. The van der Waals surface area contributed by atoms with Gasteiger partial charge in [0, 0.05) is 16.1 Å². The van der Waals surface area contributed by atoms with Crippen LogP contribution in [0.3, 0.4) is 0 Å². The van der Waals surface area contributed by atoms with Crippen LogP contribution in [-0.4, -0.2) is 20.1 Å². The minimum atomic E-state index is -0.321.